The third-order valence-electron chi connectivity index (χ3n) is 3.92. The number of fused-ring (bicyclic) bond motifs is 1. The van der Waals surface area contributed by atoms with Crippen molar-refractivity contribution >= 4 is 11.6 Å². The summed E-state index contributed by atoms with van der Waals surface area (Å²) in [7, 11) is 0. The minimum absolute atomic E-state index is 0.128. The second-order valence-corrected chi connectivity index (χ2v) is 5.44. The highest BCUT2D eigenvalue weighted by molar-refractivity contribution is 6.04. The van der Waals surface area contributed by atoms with Gasteiger partial charge in [0.2, 0.25) is 0 Å². The third kappa shape index (κ3) is 2.54. The van der Waals surface area contributed by atoms with E-state index in [0.29, 0.717) is 11.4 Å². The topological polar surface area (TPSA) is 71.4 Å². The summed E-state index contributed by atoms with van der Waals surface area (Å²) in [5, 5.41) is 6.22. The van der Waals surface area contributed by atoms with Gasteiger partial charge in [0.1, 0.15) is 11.9 Å². The quantitative estimate of drug-likeness (QED) is 0.904. The van der Waals surface area contributed by atoms with Gasteiger partial charge in [-0.1, -0.05) is 6.08 Å². The fourth-order valence-electron chi connectivity index (χ4n) is 2.81. The summed E-state index contributed by atoms with van der Waals surface area (Å²) in [6.45, 7) is 0. The van der Waals surface area contributed by atoms with Crippen LogP contribution in [0.2, 0.25) is 0 Å². The number of nitrogens with one attached hydrogen (secondary N) is 3. The Kier molecular flexibility index (Phi) is 3.55. The predicted octanol–water partition coefficient (Wildman–Crippen LogP) is 1.73. The molecule has 4 rings (SSSR count). The monoisotopic (exact) mass is 318 g/mol. The second kappa shape index (κ2) is 6.00. The number of nitrogens with zero attached hydrogens (tertiary/aromatic N) is 2. The van der Waals surface area contributed by atoms with Crippen LogP contribution in [0.4, 0.5) is 5.69 Å². The largest absolute Gasteiger partial charge is 0.355 e. The lowest BCUT2D eigenvalue weighted by atomic mass is 10.2. The molecule has 0 aromatic carbocycles. The number of rotatable bonds is 3. The van der Waals surface area contributed by atoms with Crippen molar-refractivity contribution < 1.29 is 9.78 Å². The Balaban J connectivity index is 1.64. The van der Waals surface area contributed by atoms with E-state index in [1.807, 2.05) is 53.9 Å². The summed E-state index contributed by atoms with van der Waals surface area (Å²) in [4.78, 5) is 21.8. The zero-order chi connectivity index (χ0) is 16.4. The molecule has 1 atom stereocenters. The van der Waals surface area contributed by atoms with E-state index in [1.165, 1.54) is 0 Å². The fraction of sp³-hybridized carbons (Fsp3) is 0.0556. The van der Waals surface area contributed by atoms with Crippen LogP contribution in [0.1, 0.15) is 11.7 Å². The van der Waals surface area contributed by atoms with Gasteiger partial charge in [-0.05, 0) is 30.4 Å². The van der Waals surface area contributed by atoms with Crippen LogP contribution in [0.5, 0.6) is 0 Å². The summed E-state index contributed by atoms with van der Waals surface area (Å²) in [5.41, 5.74) is 3.14. The van der Waals surface area contributed by atoms with E-state index in [4.69, 9.17) is 0 Å². The van der Waals surface area contributed by atoms with Gasteiger partial charge in [0, 0.05) is 30.3 Å². The molecule has 0 radical (unpaired) electrons. The summed E-state index contributed by atoms with van der Waals surface area (Å²) in [6, 6.07) is 7.48. The van der Waals surface area contributed by atoms with Crippen molar-refractivity contribution in [3.8, 4) is 0 Å². The van der Waals surface area contributed by atoms with Gasteiger partial charge in [-0.15, -0.1) is 0 Å². The van der Waals surface area contributed by atoms with Gasteiger partial charge in [-0.25, -0.2) is 4.98 Å². The summed E-state index contributed by atoms with van der Waals surface area (Å²) in [5.74, 6) is -0.177. The maximum Gasteiger partial charge on any atom is 0.273 e. The Morgan fingerprint density at radius 1 is 1.25 bits per heavy atom. The average Bonchev–Trinajstić information content (AvgIpc) is 3.03. The van der Waals surface area contributed by atoms with Crippen LogP contribution in [-0.4, -0.2) is 15.8 Å². The molecule has 0 fully saturated rings. The number of H-pyrrole nitrogens is 1. The van der Waals surface area contributed by atoms with Crippen LogP contribution < -0.4 is 15.6 Å². The Morgan fingerprint density at radius 3 is 2.92 bits per heavy atom. The first kappa shape index (κ1) is 14.2. The van der Waals surface area contributed by atoms with Gasteiger partial charge in [-0.3, -0.25) is 9.78 Å². The van der Waals surface area contributed by atoms with Crippen molar-refractivity contribution in [3.05, 3.63) is 90.4 Å². The van der Waals surface area contributed by atoms with Crippen molar-refractivity contribution in [2.45, 2.75) is 6.17 Å². The van der Waals surface area contributed by atoms with Crippen molar-refractivity contribution in [3.63, 3.8) is 0 Å². The Labute approximate surface area is 139 Å². The van der Waals surface area contributed by atoms with E-state index in [0.717, 1.165) is 11.3 Å². The normalized spacial score (nSPS) is 18.3. The van der Waals surface area contributed by atoms with Crippen LogP contribution in [0.15, 0.2) is 84.9 Å². The molecule has 0 saturated heterocycles. The summed E-state index contributed by atoms with van der Waals surface area (Å²) >= 11 is 0. The molecular formula is C18H16N5O+. The minimum atomic E-state index is -0.177. The molecular weight excluding hydrogens is 302 g/mol. The highest BCUT2D eigenvalue weighted by Crippen LogP contribution is 2.33. The molecule has 0 spiro atoms. The first-order chi connectivity index (χ1) is 11.8. The maximum atomic E-state index is 12.7. The van der Waals surface area contributed by atoms with Crippen molar-refractivity contribution in [2.75, 3.05) is 5.32 Å². The smallest absolute Gasteiger partial charge is 0.273 e. The SMILES string of the molecule is O=C(Nc1ccncc1)C1=C2C=CC=CN2C(c2ccc[nH+]c2)N1. The molecule has 2 aliphatic heterocycles. The van der Waals surface area contributed by atoms with Crippen LogP contribution in [-0.2, 0) is 4.79 Å². The lowest BCUT2D eigenvalue weighted by molar-refractivity contribution is -0.379. The zero-order valence-electron chi connectivity index (χ0n) is 12.8. The first-order valence-corrected chi connectivity index (χ1v) is 7.64. The minimum Gasteiger partial charge on any atom is -0.355 e. The van der Waals surface area contributed by atoms with Crippen LogP contribution in [0, 0.1) is 0 Å². The second-order valence-electron chi connectivity index (χ2n) is 5.44. The molecule has 24 heavy (non-hydrogen) atoms. The Morgan fingerprint density at radius 2 is 2.12 bits per heavy atom. The van der Waals surface area contributed by atoms with Crippen LogP contribution in [0.25, 0.3) is 0 Å². The number of aromatic amines is 1. The highest BCUT2D eigenvalue weighted by atomic mass is 16.2. The fourth-order valence-corrected chi connectivity index (χ4v) is 2.81. The van der Waals surface area contributed by atoms with Gasteiger partial charge in [0.15, 0.2) is 12.4 Å². The first-order valence-electron chi connectivity index (χ1n) is 7.64. The van der Waals surface area contributed by atoms with E-state index >= 15 is 0 Å². The van der Waals surface area contributed by atoms with Crippen LogP contribution in [0.3, 0.4) is 0 Å². The van der Waals surface area contributed by atoms with Crippen molar-refractivity contribution in [1.29, 1.82) is 0 Å². The number of pyridine rings is 2. The molecule has 3 N–H and O–H groups in total. The van der Waals surface area contributed by atoms with Crippen molar-refractivity contribution in [1.82, 2.24) is 15.2 Å². The van der Waals surface area contributed by atoms with Gasteiger partial charge in [0.05, 0.1) is 11.3 Å². The third-order valence-corrected chi connectivity index (χ3v) is 3.92. The standard InChI is InChI=1S/C18H15N5O/c24-18(21-14-6-9-19-10-7-14)16-15-5-1-2-11-23(15)17(22-16)13-4-3-8-20-12-13/h1-12,17,22H,(H,19,21,24)/p+1. The van der Waals surface area contributed by atoms with E-state index in [-0.39, 0.29) is 12.1 Å². The number of amides is 1. The number of carbonyl (C=O) groups excluding carboxylic acids is 1. The predicted molar refractivity (Wildman–Crippen MR) is 88.9 cm³/mol. The van der Waals surface area contributed by atoms with Crippen molar-refractivity contribution in [2.24, 2.45) is 0 Å². The van der Waals surface area contributed by atoms with E-state index in [1.54, 1.807) is 24.5 Å². The van der Waals surface area contributed by atoms with Gasteiger partial charge < -0.3 is 15.5 Å². The van der Waals surface area contributed by atoms with Gasteiger partial charge in [-0.2, -0.15) is 0 Å². The molecule has 118 valence electrons. The molecule has 6 nitrogen and oxygen atoms in total. The molecule has 0 bridgehead atoms. The molecule has 1 unspecified atom stereocenters. The molecule has 0 saturated carbocycles. The maximum absolute atomic E-state index is 12.7. The molecule has 6 heteroatoms. The van der Waals surface area contributed by atoms with Crippen LogP contribution >= 0.6 is 0 Å². The summed E-state index contributed by atoms with van der Waals surface area (Å²) < 4.78 is 0. The molecule has 2 aliphatic rings. The number of hydrogen-bond acceptors (Lipinski definition) is 4. The molecule has 0 aliphatic carbocycles. The highest BCUT2D eigenvalue weighted by Gasteiger charge is 2.34. The van der Waals surface area contributed by atoms with E-state index < -0.39 is 0 Å². The Bertz CT molecular complexity index is 842. The number of carbonyl (C=O) groups is 1. The molecule has 2 aromatic heterocycles. The Hall–Kier alpha value is -3.41. The number of allylic oxidation sites excluding steroid dienone is 3. The molecule has 1 amide bonds. The number of aromatic nitrogens is 2. The van der Waals surface area contributed by atoms with E-state index in [9.17, 15) is 4.79 Å². The van der Waals surface area contributed by atoms with E-state index in [2.05, 4.69) is 20.6 Å². The molecule has 2 aromatic rings. The summed E-state index contributed by atoms with van der Waals surface area (Å²) in [6.07, 6.45) is 14.7. The lowest BCUT2D eigenvalue weighted by Gasteiger charge is -2.24. The average molecular weight is 318 g/mol. The van der Waals surface area contributed by atoms with Gasteiger partial charge in [0.25, 0.3) is 5.91 Å². The zero-order valence-corrected chi connectivity index (χ0v) is 12.8. The number of hydrogen-bond donors (Lipinski definition) is 2. The lowest BCUT2D eigenvalue weighted by Crippen LogP contribution is -2.29. The number of anilines is 1. The molecule has 4 heterocycles. The van der Waals surface area contributed by atoms with Gasteiger partial charge >= 0.3 is 0 Å².